The number of alkyl halides is 4. The van der Waals surface area contributed by atoms with Gasteiger partial charge in [-0.05, 0) is 65.3 Å². The number of aromatic nitrogens is 8. The number of morpholine rings is 2. The number of nitrogens with zero attached hydrogens (tertiary/aromatic N) is 14. The predicted molar refractivity (Wildman–Crippen MR) is 279 cm³/mol. The fraction of sp³-hybridized carbons (Fsp3) is 0.653. The monoisotopic (exact) mass is 1080 g/mol. The minimum absolute atomic E-state index is 0.0303. The van der Waals surface area contributed by atoms with Gasteiger partial charge in [0.1, 0.15) is 5.82 Å². The standard InChI is InChI=1S/C20H25F2N7O2.C15H22BF2N3O2.C14H20ClN5O2/c1-11-8-30-3-2-29(11)20-26-18(15-5-24-16(23)4-14(15)17(21)22)25-19(27-20)28-6-12-9-31-10-13(12)7-28;1-14(2)15(3,4)23-16(22-14)11-8-19-12(20-9-21(5)6)7-10(11)13(17)18;1-9-6-21-3-2-20(9)14-17-12(15)16-13(18-14)19-4-10-7-22-8-11(10)5-19/h4-5,11-13,17H,2-3,6-10H2,1H3,(H2,23,24);7-9,13H,1-6H3;9-11H,2-8H2,1H3/t11-,12-,13+;;9-,10-,11+/m1.1/s1. The lowest BCUT2D eigenvalue weighted by molar-refractivity contribution is 0.00578. The van der Waals surface area contributed by atoms with E-state index in [0.29, 0.717) is 80.4 Å². The summed E-state index contributed by atoms with van der Waals surface area (Å²) in [6, 6.07) is 2.75. The SMILES string of the molecule is CN(C)C=Nc1cc(C(F)F)c(B2OC(C)(C)C(C)(C)O2)cn1.C[C@@H]1COCCN1c1nc(-c2cnc(N)cc2C(F)F)nc(N2C[C@H]3COC[C@H]3C2)n1.C[C@@H]1COCCN1c1nc(Cl)nc(N2C[C@H]3COC[C@H]3C2)n1. The molecule has 7 fully saturated rings. The van der Waals surface area contributed by atoms with E-state index in [4.69, 9.17) is 50.6 Å². The number of pyridine rings is 2. The number of halogens is 5. The van der Waals surface area contributed by atoms with E-state index < -0.39 is 31.2 Å². The zero-order chi connectivity index (χ0) is 54.1. The van der Waals surface area contributed by atoms with Crippen LogP contribution in [0.15, 0.2) is 29.5 Å². The molecule has 7 saturated heterocycles. The first-order chi connectivity index (χ1) is 36.2. The second kappa shape index (κ2) is 23.3. The van der Waals surface area contributed by atoms with Crippen LogP contribution in [-0.4, -0.2) is 188 Å². The molecule has 0 saturated carbocycles. The summed E-state index contributed by atoms with van der Waals surface area (Å²) in [6.07, 6.45) is -1.22. The highest BCUT2D eigenvalue weighted by molar-refractivity contribution is 6.62. The summed E-state index contributed by atoms with van der Waals surface area (Å²) in [6.45, 7) is 22.0. The highest BCUT2D eigenvalue weighted by Crippen LogP contribution is 2.39. The Labute approximate surface area is 445 Å². The molecule has 6 atom stereocenters. The Kier molecular flexibility index (Phi) is 17.0. The van der Waals surface area contributed by atoms with Gasteiger partial charge in [-0.1, -0.05) is 0 Å². The van der Waals surface area contributed by atoms with Crippen molar-refractivity contribution >= 4 is 65.9 Å². The molecule has 0 unspecified atom stereocenters. The lowest BCUT2D eigenvalue weighted by atomic mass is 9.77. The van der Waals surface area contributed by atoms with Gasteiger partial charge in [0.25, 0.3) is 12.9 Å². The zero-order valence-electron chi connectivity index (χ0n) is 44.2. The van der Waals surface area contributed by atoms with Gasteiger partial charge in [0.2, 0.25) is 29.1 Å². The average molecular weight is 1080 g/mol. The van der Waals surface area contributed by atoms with Crippen molar-refractivity contribution in [3.8, 4) is 11.4 Å². The summed E-state index contributed by atoms with van der Waals surface area (Å²) in [5.41, 5.74) is 4.44. The van der Waals surface area contributed by atoms with Crippen LogP contribution >= 0.6 is 11.6 Å². The van der Waals surface area contributed by atoms with E-state index in [2.05, 4.69) is 61.5 Å². The minimum Gasteiger partial charge on any atom is -0.399 e. The molecule has 0 radical (unpaired) electrons. The quantitative estimate of drug-likeness (QED) is 0.0943. The number of hydrogen-bond acceptors (Lipinski definition) is 20. The lowest BCUT2D eigenvalue weighted by Gasteiger charge is -2.33. The molecule has 0 spiro atoms. The molecule has 412 valence electrons. The van der Waals surface area contributed by atoms with Crippen LogP contribution in [0.5, 0.6) is 0 Å². The van der Waals surface area contributed by atoms with Crippen molar-refractivity contribution < 1.29 is 45.8 Å². The molecule has 21 nitrogen and oxygen atoms in total. The first-order valence-electron chi connectivity index (χ1n) is 25.6. The number of fused-ring (bicyclic) bond motifs is 2. The van der Waals surface area contributed by atoms with Crippen molar-refractivity contribution in [3.63, 3.8) is 0 Å². The van der Waals surface area contributed by atoms with Crippen LogP contribution in [0.1, 0.15) is 65.5 Å². The van der Waals surface area contributed by atoms with E-state index >= 15 is 0 Å². The van der Waals surface area contributed by atoms with Crippen LogP contribution in [-0.2, 0) is 28.3 Å². The predicted octanol–water partition coefficient (Wildman–Crippen LogP) is 5.13. The van der Waals surface area contributed by atoms with Gasteiger partial charge >= 0.3 is 7.12 Å². The van der Waals surface area contributed by atoms with Gasteiger partial charge in [-0.15, -0.1) is 0 Å². The zero-order valence-corrected chi connectivity index (χ0v) is 44.9. The number of anilines is 5. The number of nitrogen functional groups attached to an aromatic ring is 1. The summed E-state index contributed by atoms with van der Waals surface area (Å²) >= 11 is 6.14. The average Bonchev–Trinajstić information content (AvgIpc) is 4.23. The summed E-state index contributed by atoms with van der Waals surface area (Å²) in [7, 11) is 2.70. The Balaban J connectivity index is 0.000000142. The molecular weight excluding hydrogens is 1020 g/mol. The Hall–Kier alpha value is -5.38. The van der Waals surface area contributed by atoms with E-state index in [1.807, 2.05) is 39.5 Å². The maximum atomic E-state index is 13.8. The van der Waals surface area contributed by atoms with Crippen molar-refractivity contribution in [1.29, 1.82) is 0 Å². The Morgan fingerprint density at radius 2 is 1.16 bits per heavy atom. The number of aliphatic imine (C=N–C) groups is 1. The number of nitrogens with two attached hydrogens (primary N) is 1. The first-order valence-corrected chi connectivity index (χ1v) is 26.0. The molecule has 7 aliphatic heterocycles. The molecule has 11 heterocycles. The Morgan fingerprint density at radius 1 is 0.671 bits per heavy atom. The van der Waals surface area contributed by atoms with Crippen molar-refractivity contribution in [2.75, 3.05) is 132 Å². The summed E-state index contributed by atoms with van der Waals surface area (Å²) in [4.78, 5) is 49.6. The summed E-state index contributed by atoms with van der Waals surface area (Å²) in [5, 5.41) is 0.256. The second-order valence-corrected chi connectivity index (χ2v) is 21.7. The molecule has 0 amide bonds. The highest BCUT2D eigenvalue weighted by atomic mass is 35.5. The van der Waals surface area contributed by atoms with Crippen LogP contribution in [0, 0.1) is 23.7 Å². The fourth-order valence-corrected chi connectivity index (χ4v) is 10.2. The molecular formula is C49H67BClF4N15O6. The van der Waals surface area contributed by atoms with E-state index in [-0.39, 0.29) is 57.0 Å². The Morgan fingerprint density at radius 3 is 1.66 bits per heavy atom. The van der Waals surface area contributed by atoms with E-state index in [1.54, 1.807) is 19.0 Å². The van der Waals surface area contributed by atoms with Crippen molar-refractivity contribution in [2.24, 2.45) is 28.7 Å². The van der Waals surface area contributed by atoms with E-state index in [0.717, 1.165) is 59.2 Å². The largest absolute Gasteiger partial charge is 0.496 e. The van der Waals surface area contributed by atoms with Crippen LogP contribution in [0.3, 0.4) is 0 Å². The van der Waals surface area contributed by atoms with Gasteiger partial charge in [-0.25, -0.2) is 32.5 Å². The van der Waals surface area contributed by atoms with Gasteiger partial charge < -0.3 is 58.5 Å². The molecule has 4 aromatic rings. The molecule has 4 aromatic heterocycles. The third-order valence-corrected chi connectivity index (χ3v) is 15.2. The van der Waals surface area contributed by atoms with Crippen LogP contribution in [0.4, 0.5) is 53.0 Å². The third-order valence-electron chi connectivity index (χ3n) is 15.0. The fourth-order valence-electron chi connectivity index (χ4n) is 10.0. The lowest BCUT2D eigenvalue weighted by Crippen LogP contribution is -2.45. The summed E-state index contributed by atoms with van der Waals surface area (Å²) in [5.74, 6) is 4.74. The molecule has 0 bridgehead atoms. The van der Waals surface area contributed by atoms with Gasteiger partial charge in [-0.3, -0.25) is 0 Å². The van der Waals surface area contributed by atoms with E-state index in [9.17, 15) is 17.6 Å². The third kappa shape index (κ3) is 12.5. The summed E-state index contributed by atoms with van der Waals surface area (Å²) < 4.78 is 88.2. The molecule has 76 heavy (non-hydrogen) atoms. The molecule has 11 rings (SSSR count). The maximum absolute atomic E-state index is 13.8. The molecule has 2 N–H and O–H groups in total. The molecule has 0 aliphatic carbocycles. The minimum atomic E-state index is -2.73. The number of ether oxygens (including phenoxy) is 4. The topological polar surface area (TPSA) is 213 Å². The van der Waals surface area contributed by atoms with Crippen LogP contribution < -0.4 is 30.8 Å². The first kappa shape index (κ1) is 55.4. The van der Waals surface area contributed by atoms with E-state index in [1.165, 1.54) is 30.9 Å². The van der Waals surface area contributed by atoms with Crippen LogP contribution in [0.25, 0.3) is 11.4 Å². The number of hydrogen-bond donors (Lipinski definition) is 1. The van der Waals surface area contributed by atoms with Crippen molar-refractivity contribution in [2.45, 2.75) is 77.7 Å². The molecule has 0 aromatic carbocycles. The smallest absolute Gasteiger partial charge is 0.399 e. The van der Waals surface area contributed by atoms with Crippen molar-refractivity contribution in [3.05, 3.63) is 40.9 Å². The van der Waals surface area contributed by atoms with Crippen molar-refractivity contribution in [1.82, 2.24) is 44.8 Å². The van der Waals surface area contributed by atoms with Gasteiger partial charge in [0.15, 0.2) is 11.6 Å². The highest BCUT2D eigenvalue weighted by Gasteiger charge is 2.53. The van der Waals surface area contributed by atoms with Gasteiger partial charge in [0.05, 0.1) is 82.5 Å². The maximum Gasteiger partial charge on any atom is 0.496 e. The Bertz CT molecular complexity index is 2650. The number of rotatable bonds is 10. The normalized spacial score (nSPS) is 25.8. The second-order valence-electron chi connectivity index (χ2n) is 21.4. The molecule has 7 aliphatic rings. The van der Waals surface area contributed by atoms with Crippen LogP contribution in [0.2, 0.25) is 5.28 Å². The van der Waals surface area contributed by atoms with Gasteiger partial charge in [0, 0.05) is 112 Å². The van der Waals surface area contributed by atoms with Gasteiger partial charge in [-0.2, -0.15) is 29.9 Å². The molecule has 27 heteroatoms.